The molecule has 46 heavy (non-hydrogen) atoms. The van der Waals surface area contributed by atoms with Crippen molar-refractivity contribution in [3.05, 3.63) is 116 Å². The van der Waals surface area contributed by atoms with Gasteiger partial charge < -0.3 is 14.4 Å². The number of hydrogen-bond acceptors (Lipinski definition) is 10. The largest absolute Gasteiger partial charge is 0.465 e. The zero-order chi connectivity index (χ0) is 32.8. The Hall–Kier alpha value is -3.42. The topological polar surface area (TPSA) is 100 Å². The van der Waals surface area contributed by atoms with Gasteiger partial charge in [0.05, 0.1) is 35.4 Å². The Labute approximate surface area is 284 Å². The monoisotopic (exact) mass is 769 g/mol. The molecule has 0 spiro atoms. The fourth-order valence-electron chi connectivity index (χ4n) is 4.26. The lowest BCUT2D eigenvalue weighted by molar-refractivity contribution is -0.0881. The summed E-state index contributed by atoms with van der Waals surface area (Å²) in [6.07, 6.45) is -0.628. The Bertz CT molecular complexity index is 1930. The molecule has 1 aromatic heterocycles. The van der Waals surface area contributed by atoms with E-state index in [2.05, 4.69) is 35.6 Å². The average molecular weight is 771 g/mol. The van der Waals surface area contributed by atoms with Gasteiger partial charge >= 0.3 is 13.6 Å². The Morgan fingerprint density at radius 2 is 1.67 bits per heavy atom. The summed E-state index contributed by atoms with van der Waals surface area (Å²) in [7, 11) is -3.27. The average Bonchev–Trinajstić information content (AvgIpc) is 3.56. The maximum Gasteiger partial charge on any atom is 0.399 e. The summed E-state index contributed by atoms with van der Waals surface area (Å²) in [6.45, 7) is 0.266. The smallest absolute Gasteiger partial charge is 0.399 e. The lowest BCUT2D eigenvalue weighted by Gasteiger charge is -2.22. The van der Waals surface area contributed by atoms with Crippen LogP contribution in [0.4, 0.5) is 19.9 Å². The van der Waals surface area contributed by atoms with E-state index in [4.69, 9.17) is 32.7 Å². The number of aromatic nitrogens is 2. The third-order valence-electron chi connectivity index (χ3n) is 6.46. The van der Waals surface area contributed by atoms with E-state index in [1.54, 1.807) is 72.8 Å². The third kappa shape index (κ3) is 8.10. The van der Waals surface area contributed by atoms with Crippen LogP contribution < -0.4 is 9.64 Å². The Morgan fingerprint density at radius 1 is 0.935 bits per heavy atom. The van der Waals surface area contributed by atoms with E-state index in [9.17, 15) is 18.4 Å². The van der Waals surface area contributed by atoms with Crippen molar-refractivity contribution in [2.24, 2.45) is 0 Å². The van der Waals surface area contributed by atoms with Gasteiger partial charge in [0.15, 0.2) is 0 Å². The molecule has 0 amide bonds. The third-order valence-corrected chi connectivity index (χ3v) is 10.1. The molecule has 9 nitrogen and oxygen atoms in total. The molecule has 0 fully saturated rings. The molecule has 0 N–H and O–H groups in total. The molecule has 5 aromatic rings. The standard InChI is InChI=1S/C30H21BrCl2F2N3O6PS/c1-41-29(39)20-5-3-7-24(14-20)42-23-6-2-4-19(13-23)28-36-37-30(46-28)38(22-10-11-26(32)27(33)15-22)16-18-8-9-21(25(31)12-18)17-45(40,43-34)44-35/h2-15H,16-17H2,1H3. The number of carbonyl (C=O) groups is 1. The predicted octanol–water partition coefficient (Wildman–Crippen LogP) is 10.7. The number of halogens is 5. The minimum Gasteiger partial charge on any atom is -0.465 e. The second kappa shape index (κ2) is 15.0. The predicted molar refractivity (Wildman–Crippen MR) is 175 cm³/mol. The Morgan fingerprint density at radius 3 is 2.37 bits per heavy atom. The van der Waals surface area contributed by atoms with Crippen molar-refractivity contribution in [2.75, 3.05) is 12.0 Å². The molecule has 0 bridgehead atoms. The van der Waals surface area contributed by atoms with Gasteiger partial charge in [0.1, 0.15) is 16.5 Å². The summed E-state index contributed by atoms with van der Waals surface area (Å²) in [5.74, 6) is 0.501. The first-order chi connectivity index (χ1) is 22.1. The second-order valence-corrected chi connectivity index (χ2v) is 14.0. The number of anilines is 2. The van der Waals surface area contributed by atoms with Crippen LogP contribution in [0.5, 0.6) is 11.5 Å². The maximum atomic E-state index is 12.6. The van der Waals surface area contributed by atoms with Gasteiger partial charge in [0.2, 0.25) is 5.13 Å². The van der Waals surface area contributed by atoms with E-state index >= 15 is 0 Å². The summed E-state index contributed by atoms with van der Waals surface area (Å²) in [5, 5.41) is 10.7. The van der Waals surface area contributed by atoms with Crippen molar-refractivity contribution >= 4 is 74.9 Å². The van der Waals surface area contributed by atoms with Crippen LogP contribution in [0.15, 0.2) is 89.4 Å². The molecule has 1 heterocycles. The molecule has 0 saturated heterocycles. The van der Waals surface area contributed by atoms with Crippen LogP contribution in [0.1, 0.15) is 21.5 Å². The van der Waals surface area contributed by atoms with Crippen LogP contribution in [-0.2, 0) is 31.5 Å². The number of benzene rings is 4. The number of rotatable bonds is 12. The molecule has 0 aliphatic heterocycles. The number of hydrogen-bond donors (Lipinski definition) is 0. The molecule has 0 radical (unpaired) electrons. The van der Waals surface area contributed by atoms with Gasteiger partial charge in [0, 0.05) is 15.7 Å². The molecule has 4 aromatic carbocycles. The highest BCUT2D eigenvalue weighted by Crippen LogP contribution is 2.53. The molecule has 0 aliphatic carbocycles. The quantitative estimate of drug-likeness (QED) is 0.0906. The van der Waals surface area contributed by atoms with Crippen LogP contribution >= 0.6 is 58.1 Å². The van der Waals surface area contributed by atoms with Gasteiger partial charge in [0.25, 0.3) is 0 Å². The van der Waals surface area contributed by atoms with Crippen molar-refractivity contribution < 1.29 is 37.3 Å². The maximum absolute atomic E-state index is 12.6. The fraction of sp³-hybridized carbons (Fsp3) is 0.100. The molecule has 0 aliphatic rings. The molecular weight excluding hydrogens is 750 g/mol. The number of esters is 1. The molecule has 0 atom stereocenters. The van der Waals surface area contributed by atoms with Gasteiger partial charge in [-0.25, -0.2) is 4.79 Å². The van der Waals surface area contributed by atoms with Gasteiger partial charge in [-0.15, -0.1) is 19.7 Å². The Balaban J connectivity index is 1.43. The highest BCUT2D eigenvalue weighted by Gasteiger charge is 2.29. The van der Waals surface area contributed by atoms with E-state index in [0.717, 1.165) is 11.1 Å². The summed E-state index contributed by atoms with van der Waals surface area (Å²) >= 11 is 17.2. The zero-order valence-corrected chi connectivity index (χ0v) is 28.3. The normalized spacial score (nSPS) is 11.3. The van der Waals surface area contributed by atoms with Crippen LogP contribution in [0.3, 0.4) is 0 Å². The molecular formula is C30H21BrCl2F2N3O6PS. The number of methoxy groups -OCH3 is 1. The van der Waals surface area contributed by atoms with Crippen molar-refractivity contribution in [3.8, 4) is 22.1 Å². The molecule has 16 heteroatoms. The van der Waals surface area contributed by atoms with Gasteiger partial charge in [-0.3, -0.25) is 4.57 Å². The van der Waals surface area contributed by atoms with Crippen LogP contribution in [0.2, 0.25) is 10.0 Å². The first kappa shape index (κ1) is 33.9. The number of nitrogens with zero attached hydrogens (tertiary/aromatic N) is 3. The Kier molecular flexibility index (Phi) is 11.1. The first-order valence-corrected chi connectivity index (χ1v) is 17.2. The fourth-order valence-corrected chi connectivity index (χ4v) is 7.01. The lowest BCUT2D eigenvalue weighted by Crippen LogP contribution is -2.16. The van der Waals surface area contributed by atoms with Crippen LogP contribution in [-0.4, -0.2) is 23.3 Å². The highest BCUT2D eigenvalue weighted by molar-refractivity contribution is 9.10. The molecule has 238 valence electrons. The lowest BCUT2D eigenvalue weighted by atomic mass is 10.1. The van der Waals surface area contributed by atoms with E-state index in [0.29, 0.717) is 53.0 Å². The highest BCUT2D eigenvalue weighted by atomic mass is 79.9. The van der Waals surface area contributed by atoms with E-state index in [-0.39, 0.29) is 6.54 Å². The van der Waals surface area contributed by atoms with E-state index < -0.39 is 19.7 Å². The molecule has 0 unspecified atom stereocenters. The number of ether oxygens (including phenoxy) is 2. The van der Waals surface area contributed by atoms with E-state index in [1.807, 2.05) is 17.0 Å². The van der Waals surface area contributed by atoms with Crippen LogP contribution in [0.25, 0.3) is 10.6 Å². The minimum absolute atomic E-state index is 0.266. The van der Waals surface area contributed by atoms with Crippen molar-refractivity contribution in [2.45, 2.75) is 12.7 Å². The second-order valence-electron chi connectivity index (χ2n) is 9.56. The molecule has 5 rings (SSSR count). The van der Waals surface area contributed by atoms with Crippen molar-refractivity contribution in [1.82, 2.24) is 10.2 Å². The van der Waals surface area contributed by atoms with Crippen molar-refractivity contribution in [1.29, 1.82) is 0 Å². The van der Waals surface area contributed by atoms with Gasteiger partial charge in [-0.1, -0.05) is 80.8 Å². The van der Waals surface area contributed by atoms with Gasteiger partial charge in [-0.05, 0) is 74.8 Å². The van der Waals surface area contributed by atoms with Crippen molar-refractivity contribution in [3.63, 3.8) is 0 Å². The number of carbonyl (C=O) groups excluding carboxylic acids is 1. The van der Waals surface area contributed by atoms with Crippen LogP contribution in [0, 0.1) is 0 Å². The summed E-state index contributed by atoms with van der Waals surface area (Å²) < 4.78 is 54.9. The molecule has 0 saturated carbocycles. The van der Waals surface area contributed by atoms with Gasteiger partial charge in [-0.2, -0.15) is 0 Å². The summed E-state index contributed by atoms with van der Waals surface area (Å²) in [6, 6.07) is 24.0. The summed E-state index contributed by atoms with van der Waals surface area (Å²) in [4.78, 5) is 13.8. The first-order valence-electron chi connectivity index (χ1n) is 13.1. The summed E-state index contributed by atoms with van der Waals surface area (Å²) in [5.41, 5.74) is 2.82. The zero-order valence-electron chi connectivity index (χ0n) is 23.5. The minimum atomic E-state index is -4.58. The van der Waals surface area contributed by atoms with E-state index in [1.165, 1.54) is 18.4 Å². The SMILES string of the molecule is COC(=O)c1cccc(Oc2cccc(-c3nnc(N(Cc4ccc(CP(=O)(OF)OF)c(Br)c4)c4ccc(Cl)c(Cl)c4)s3)c2)c1.